The summed E-state index contributed by atoms with van der Waals surface area (Å²) in [6, 6.07) is 15.7. The number of rotatable bonds is 5. The van der Waals surface area contributed by atoms with E-state index in [1.54, 1.807) is 10.6 Å². The van der Waals surface area contributed by atoms with Gasteiger partial charge in [-0.25, -0.2) is 9.37 Å². The van der Waals surface area contributed by atoms with Crippen LogP contribution in [0.1, 0.15) is 11.7 Å². The highest BCUT2D eigenvalue weighted by Gasteiger charge is 2.13. The fraction of sp³-hybridized carbons (Fsp3) is 0.105. The summed E-state index contributed by atoms with van der Waals surface area (Å²) in [5.74, 6) is 0.484. The van der Waals surface area contributed by atoms with Gasteiger partial charge in [-0.1, -0.05) is 48.0 Å². The molecular weight excluding hydrogens is 369 g/mol. The quantitative estimate of drug-likeness (QED) is 0.549. The van der Waals surface area contributed by atoms with Gasteiger partial charge in [0.1, 0.15) is 18.0 Å². The Morgan fingerprint density at radius 1 is 1.15 bits per heavy atom. The molecule has 2 aromatic heterocycles. The molecule has 0 aliphatic heterocycles. The van der Waals surface area contributed by atoms with Crippen molar-refractivity contribution in [2.75, 3.05) is 11.9 Å². The van der Waals surface area contributed by atoms with Crippen molar-refractivity contribution in [1.29, 1.82) is 0 Å². The van der Waals surface area contributed by atoms with Crippen molar-refractivity contribution in [2.24, 2.45) is 0 Å². The fourth-order valence-electron chi connectivity index (χ4n) is 2.73. The molecule has 27 heavy (non-hydrogen) atoms. The molecule has 136 valence electrons. The van der Waals surface area contributed by atoms with E-state index in [-0.39, 0.29) is 11.6 Å². The van der Waals surface area contributed by atoms with Crippen LogP contribution in [0.25, 0.3) is 17.0 Å². The van der Waals surface area contributed by atoms with Crippen LogP contribution >= 0.6 is 11.6 Å². The number of halogens is 2. The van der Waals surface area contributed by atoms with Gasteiger partial charge in [-0.15, -0.1) is 0 Å². The minimum atomic E-state index is -0.927. The summed E-state index contributed by atoms with van der Waals surface area (Å²) in [6.45, 7) is 0.147. The fourth-order valence-corrected chi connectivity index (χ4v) is 2.85. The first kappa shape index (κ1) is 17.4. The van der Waals surface area contributed by atoms with Crippen molar-refractivity contribution >= 4 is 23.2 Å². The number of aromatic nitrogens is 4. The lowest BCUT2D eigenvalue weighted by atomic mass is 10.1. The van der Waals surface area contributed by atoms with Crippen molar-refractivity contribution in [1.82, 2.24) is 19.6 Å². The van der Waals surface area contributed by atoms with Crippen LogP contribution in [0.15, 0.2) is 60.9 Å². The van der Waals surface area contributed by atoms with Gasteiger partial charge >= 0.3 is 0 Å². The van der Waals surface area contributed by atoms with Crippen molar-refractivity contribution < 1.29 is 9.50 Å². The molecule has 0 saturated heterocycles. The van der Waals surface area contributed by atoms with Crippen LogP contribution in [0.4, 0.5) is 10.2 Å². The van der Waals surface area contributed by atoms with Gasteiger partial charge in [0.25, 0.3) is 5.78 Å². The Morgan fingerprint density at radius 2 is 1.96 bits per heavy atom. The molecular formula is C19H15ClFN5O. The number of aliphatic hydroxyl groups is 1. The predicted octanol–water partition coefficient (Wildman–Crippen LogP) is 3.73. The maximum Gasteiger partial charge on any atom is 0.254 e. The Labute approximate surface area is 159 Å². The highest BCUT2D eigenvalue weighted by atomic mass is 35.5. The predicted molar refractivity (Wildman–Crippen MR) is 101 cm³/mol. The minimum Gasteiger partial charge on any atom is -0.387 e. The number of nitrogens with zero attached hydrogens (tertiary/aromatic N) is 4. The Morgan fingerprint density at radius 3 is 2.74 bits per heavy atom. The van der Waals surface area contributed by atoms with Crippen molar-refractivity contribution in [3.8, 4) is 11.3 Å². The number of aliphatic hydroxyl groups excluding tert-OH is 1. The second-order valence-corrected chi connectivity index (χ2v) is 6.34. The van der Waals surface area contributed by atoms with Gasteiger partial charge in [0, 0.05) is 18.2 Å². The molecule has 2 heterocycles. The summed E-state index contributed by atoms with van der Waals surface area (Å²) in [6.07, 6.45) is 0.483. The maximum atomic E-state index is 13.6. The summed E-state index contributed by atoms with van der Waals surface area (Å²) in [4.78, 5) is 8.64. The first-order valence-electron chi connectivity index (χ1n) is 8.25. The summed E-state index contributed by atoms with van der Waals surface area (Å²) in [5.41, 5.74) is 2.09. The van der Waals surface area contributed by atoms with Crippen LogP contribution in [0, 0.1) is 5.82 Å². The first-order valence-corrected chi connectivity index (χ1v) is 8.63. The van der Waals surface area contributed by atoms with Crippen LogP contribution in [-0.4, -0.2) is 31.2 Å². The molecule has 8 heteroatoms. The lowest BCUT2D eigenvalue weighted by Crippen LogP contribution is -2.15. The topological polar surface area (TPSA) is 75.3 Å². The van der Waals surface area contributed by atoms with Crippen LogP contribution in [-0.2, 0) is 0 Å². The highest BCUT2D eigenvalue weighted by Crippen LogP contribution is 2.23. The third kappa shape index (κ3) is 3.60. The average molecular weight is 384 g/mol. The molecule has 2 N–H and O–H groups in total. The second kappa shape index (κ2) is 7.30. The van der Waals surface area contributed by atoms with Crippen molar-refractivity contribution in [2.45, 2.75) is 6.10 Å². The van der Waals surface area contributed by atoms with Crippen LogP contribution in [0.3, 0.4) is 0 Å². The molecule has 0 radical (unpaired) electrons. The van der Waals surface area contributed by atoms with Gasteiger partial charge in [0.2, 0.25) is 0 Å². The van der Waals surface area contributed by atoms with Gasteiger partial charge in [-0.3, -0.25) is 0 Å². The normalized spacial score (nSPS) is 12.3. The van der Waals surface area contributed by atoms with E-state index in [1.807, 2.05) is 36.4 Å². The molecule has 0 fully saturated rings. The monoisotopic (exact) mass is 383 g/mol. The number of nitrogens with one attached hydrogen (secondary N) is 1. The van der Waals surface area contributed by atoms with E-state index in [2.05, 4.69) is 20.4 Å². The zero-order chi connectivity index (χ0) is 18.8. The van der Waals surface area contributed by atoms with Gasteiger partial charge in [0.15, 0.2) is 0 Å². The molecule has 0 spiro atoms. The van der Waals surface area contributed by atoms with Gasteiger partial charge in [0.05, 0.1) is 16.8 Å². The standard InChI is InChI=1S/C19H15ClFN5O/c20-14-7-6-13(8-15(14)21)17(27)10-22-18-9-16(12-4-2-1-3-5-12)25-19-23-11-24-26(18)19/h1-9,11,17,22,27H,10H2. The lowest BCUT2D eigenvalue weighted by molar-refractivity contribution is 0.191. The summed E-state index contributed by atoms with van der Waals surface area (Å²) in [7, 11) is 0. The molecule has 0 bridgehead atoms. The number of fused-ring (bicyclic) bond motifs is 1. The third-order valence-corrected chi connectivity index (χ3v) is 4.43. The van der Waals surface area contributed by atoms with Crippen LogP contribution in [0.2, 0.25) is 5.02 Å². The molecule has 4 aromatic rings. The van der Waals surface area contributed by atoms with E-state index in [9.17, 15) is 9.50 Å². The number of hydrogen-bond acceptors (Lipinski definition) is 5. The molecule has 0 aliphatic carbocycles. The summed E-state index contributed by atoms with van der Waals surface area (Å²) >= 11 is 5.69. The minimum absolute atomic E-state index is 0.0184. The molecule has 2 aromatic carbocycles. The SMILES string of the molecule is OC(CNc1cc(-c2ccccc2)nc2ncnn12)c1ccc(Cl)c(F)c1. The van der Waals surface area contributed by atoms with E-state index >= 15 is 0 Å². The zero-order valence-corrected chi connectivity index (χ0v) is 14.8. The lowest BCUT2D eigenvalue weighted by Gasteiger charge is -2.15. The molecule has 1 unspecified atom stereocenters. The molecule has 0 saturated carbocycles. The Balaban J connectivity index is 1.61. The van der Waals surface area contributed by atoms with Crippen LogP contribution < -0.4 is 5.32 Å². The maximum absolute atomic E-state index is 13.6. The molecule has 4 rings (SSSR count). The largest absolute Gasteiger partial charge is 0.387 e. The Kier molecular flexibility index (Phi) is 4.70. The van der Waals surface area contributed by atoms with Gasteiger partial charge in [-0.05, 0) is 17.7 Å². The average Bonchev–Trinajstić information content (AvgIpc) is 3.17. The third-order valence-electron chi connectivity index (χ3n) is 4.13. The van der Waals surface area contributed by atoms with E-state index in [4.69, 9.17) is 11.6 Å². The smallest absolute Gasteiger partial charge is 0.254 e. The Hall–Kier alpha value is -3.03. The number of anilines is 1. The molecule has 1 atom stereocenters. The van der Waals surface area contributed by atoms with E-state index in [0.717, 1.165) is 11.3 Å². The van der Waals surface area contributed by atoms with E-state index < -0.39 is 11.9 Å². The van der Waals surface area contributed by atoms with Crippen molar-refractivity contribution in [3.63, 3.8) is 0 Å². The molecule has 6 nitrogen and oxygen atoms in total. The van der Waals surface area contributed by atoms with Gasteiger partial charge < -0.3 is 10.4 Å². The Bertz CT molecular complexity index is 1090. The molecule has 0 aliphatic rings. The zero-order valence-electron chi connectivity index (χ0n) is 14.0. The van der Waals surface area contributed by atoms with Crippen molar-refractivity contribution in [3.05, 3.63) is 77.3 Å². The van der Waals surface area contributed by atoms with Crippen LogP contribution in [0.5, 0.6) is 0 Å². The summed E-state index contributed by atoms with van der Waals surface area (Å²) in [5, 5.41) is 17.7. The highest BCUT2D eigenvalue weighted by molar-refractivity contribution is 6.30. The van der Waals surface area contributed by atoms with Gasteiger partial charge in [-0.2, -0.15) is 14.6 Å². The number of benzene rings is 2. The summed E-state index contributed by atoms with van der Waals surface area (Å²) < 4.78 is 15.2. The first-order chi connectivity index (χ1) is 13.1. The van der Waals surface area contributed by atoms with E-state index in [1.165, 1.54) is 18.5 Å². The second-order valence-electron chi connectivity index (χ2n) is 5.93. The van der Waals surface area contributed by atoms with E-state index in [0.29, 0.717) is 17.2 Å². The number of hydrogen-bond donors (Lipinski definition) is 2. The molecule has 0 amide bonds.